The van der Waals surface area contributed by atoms with E-state index in [2.05, 4.69) is 31.2 Å². The summed E-state index contributed by atoms with van der Waals surface area (Å²) in [6.45, 7) is 2.98. The van der Waals surface area contributed by atoms with Crippen molar-refractivity contribution in [2.45, 2.75) is 57.6 Å². The number of rotatable bonds is 13. The Morgan fingerprint density at radius 2 is 2.03 bits per heavy atom. The van der Waals surface area contributed by atoms with Crippen molar-refractivity contribution < 1.29 is 9.47 Å². The first-order valence-electron chi connectivity index (χ1n) is 13.0. The molecule has 4 rings (SSSR count). The lowest BCUT2D eigenvalue weighted by molar-refractivity contribution is 0.231. The number of nitrogens with zero attached hydrogens (tertiary/aromatic N) is 5. The third-order valence-electron chi connectivity index (χ3n) is 6.34. The van der Waals surface area contributed by atoms with Crippen molar-refractivity contribution in [3.63, 3.8) is 0 Å². The van der Waals surface area contributed by atoms with Crippen molar-refractivity contribution >= 4 is 41.3 Å². The lowest BCUT2D eigenvalue weighted by atomic mass is 9.96. The molecule has 0 aliphatic heterocycles. The predicted molar refractivity (Wildman–Crippen MR) is 156 cm³/mol. The summed E-state index contributed by atoms with van der Waals surface area (Å²) in [6.07, 6.45) is 15.8. The maximum atomic E-state index is 6.35. The van der Waals surface area contributed by atoms with Gasteiger partial charge in [-0.25, -0.2) is 9.97 Å². The van der Waals surface area contributed by atoms with Crippen LogP contribution < -0.4 is 20.5 Å². The minimum absolute atomic E-state index is 0.169. The van der Waals surface area contributed by atoms with Crippen LogP contribution in [-0.4, -0.2) is 57.4 Å². The van der Waals surface area contributed by atoms with Crippen molar-refractivity contribution in [3.05, 3.63) is 41.8 Å². The molecule has 11 heteroatoms. The SMILES string of the molecule is CSCCCOc1nn(C2CCCCC2)cc1Nc1ncc(-c2ccc(Cl)c(O[C@@H](C)CN=CN)c2)cn1. The zero-order chi connectivity index (χ0) is 26.7. The minimum atomic E-state index is -0.169. The molecule has 0 amide bonds. The van der Waals surface area contributed by atoms with E-state index >= 15 is 0 Å². The zero-order valence-electron chi connectivity index (χ0n) is 22.0. The van der Waals surface area contributed by atoms with Gasteiger partial charge < -0.3 is 20.5 Å². The molecule has 204 valence electrons. The maximum Gasteiger partial charge on any atom is 0.256 e. The van der Waals surface area contributed by atoms with E-state index in [4.69, 9.17) is 31.9 Å². The van der Waals surface area contributed by atoms with Gasteiger partial charge in [0, 0.05) is 18.0 Å². The average molecular weight is 558 g/mol. The smallest absolute Gasteiger partial charge is 0.256 e. The van der Waals surface area contributed by atoms with Gasteiger partial charge in [-0.05, 0) is 55.9 Å². The summed E-state index contributed by atoms with van der Waals surface area (Å²) in [6, 6.07) is 6.00. The first-order valence-corrected chi connectivity index (χ1v) is 14.8. The summed E-state index contributed by atoms with van der Waals surface area (Å²) >= 11 is 8.17. The Morgan fingerprint density at radius 1 is 1.24 bits per heavy atom. The summed E-state index contributed by atoms with van der Waals surface area (Å²) in [4.78, 5) is 13.1. The molecular formula is C27H36ClN7O2S. The van der Waals surface area contributed by atoms with Crippen LogP contribution in [0.5, 0.6) is 11.6 Å². The fourth-order valence-corrected chi connectivity index (χ4v) is 4.94. The van der Waals surface area contributed by atoms with Crippen molar-refractivity contribution in [3.8, 4) is 22.8 Å². The molecule has 1 aliphatic rings. The Kier molecular flexibility index (Phi) is 10.5. The second-order valence-corrected chi connectivity index (χ2v) is 10.7. The molecule has 2 heterocycles. The molecule has 0 bridgehead atoms. The lowest BCUT2D eigenvalue weighted by Gasteiger charge is -2.21. The van der Waals surface area contributed by atoms with E-state index in [0.29, 0.717) is 41.8 Å². The number of hydrogen-bond acceptors (Lipinski definition) is 8. The van der Waals surface area contributed by atoms with Gasteiger partial charge in [-0.3, -0.25) is 9.67 Å². The Balaban J connectivity index is 1.48. The van der Waals surface area contributed by atoms with Crippen LogP contribution >= 0.6 is 23.4 Å². The second-order valence-electron chi connectivity index (χ2n) is 9.32. The van der Waals surface area contributed by atoms with Gasteiger partial charge in [0.1, 0.15) is 17.5 Å². The van der Waals surface area contributed by atoms with Crippen molar-refractivity contribution in [2.24, 2.45) is 10.7 Å². The third kappa shape index (κ3) is 7.77. The van der Waals surface area contributed by atoms with E-state index in [1.54, 1.807) is 18.5 Å². The van der Waals surface area contributed by atoms with E-state index in [1.165, 1.54) is 25.6 Å². The molecule has 3 aromatic rings. The summed E-state index contributed by atoms with van der Waals surface area (Å²) in [7, 11) is 0. The Morgan fingerprint density at radius 3 is 2.76 bits per heavy atom. The number of halogens is 1. The number of thioether (sulfide) groups is 1. The summed E-state index contributed by atoms with van der Waals surface area (Å²) in [5.74, 6) is 2.69. The van der Waals surface area contributed by atoms with Gasteiger partial charge in [0.05, 0.1) is 36.8 Å². The molecule has 1 atom stereocenters. The number of hydrogen-bond donors (Lipinski definition) is 2. The van der Waals surface area contributed by atoms with Gasteiger partial charge in [0.15, 0.2) is 0 Å². The van der Waals surface area contributed by atoms with Crippen molar-refractivity contribution in [1.82, 2.24) is 19.7 Å². The molecule has 0 saturated heterocycles. The number of anilines is 2. The van der Waals surface area contributed by atoms with Crippen LogP contribution in [0.4, 0.5) is 11.6 Å². The second kappa shape index (κ2) is 14.2. The predicted octanol–water partition coefficient (Wildman–Crippen LogP) is 6.13. The molecule has 1 aromatic carbocycles. The first kappa shape index (κ1) is 28.0. The highest BCUT2D eigenvalue weighted by atomic mass is 35.5. The minimum Gasteiger partial charge on any atom is -0.487 e. The Bertz CT molecular complexity index is 1180. The fourth-order valence-electron chi connectivity index (χ4n) is 4.37. The normalized spacial score (nSPS) is 15.0. The molecule has 38 heavy (non-hydrogen) atoms. The molecule has 0 radical (unpaired) electrons. The van der Waals surface area contributed by atoms with Crippen LogP contribution in [0.2, 0.25) is 5.02 Å². The molecule has 3 N–H and O–H groups in total. The highest BCUT2D eigenvalue weighted by Gasteiger charge is 2.20. The quantitative estimate of drug-likeness (QED) is 0.147. The van der Waals surface area contributed by atoms with Gasteiger partial charge in [-0.1, -0.05) is 36.9 Å². The zero-order valence-corrected chi connectivity index (χ0v) is 23.5. The molecule has 0 spiro atoms. The van der Waals surface area contributed by atoms with Crippen LogP contribution in [-0.2, 0) is 0 Å². The highest BCUT2D eigenvalue weighted by molar-refractivity contribution is 7.98. The topological polar surface area (TPSA) is 112 Å². The van der Waals surface area contributed by atoms with Gasteiger partial charge in [0.25, 0.3) is 5.88 Å². The Labute approximate surface area is 233 Å². The van der Waals surface area contributed by atoms with Crippen LogP contribution in [0.3, 0.4) is 0 Å². The monoisotopic (exact) mass is 557 g/mol. The number of aromatic nitrogens is 4. The van der Waals surface area contributed by atoms with Crippen molar-refractivity contribution in [1.29, 1.82) is 0 Å². The summed E-state index contributed by atoms with van der Waals surface area (Å²) in [5.41, 5.74) is 7.85. The van der Waals surface area contributed by atoms with E-state index in [-0.39, 0.29) is 6.10 Å². The van der Waals surface area contributed by atoms with E-state index in [1.807, 2.05) is 37.0 Å². The number of aliphatic imine (C=N–C) groups is 1. The molecule has 1 saturated carbocycles. The number of nitrogens with two attached hydrogens (primary N) is 1. The van der Waals surface area contributed by atoms with Gasteiger partial charge in [-0.15, -0.1) is 5.10 Å². The summed E-state index contributed by atoms with van der Waals surface area (Å²) < 4.78 is 14.0. The molecule has 1 fully saturated rings. The van der Waals surface area contributed by atoms with Crippen molar-refractivity contribution in [2.75, 3.05) is 30.5 Å². The van der Waals surface area contributed by atoms with Crippen LogP contribution in [0.1, 0.15) is 51.5 Å². The highest BCUT2D eigenvalue weighted by Crippen LogP contribution is 2.34. The van der Waals surface area contributed by atoms with Gasteiger partial charge in [0.2, 0.25) is 5.95 Å². The molecule has 1 aliphatic carbocycles. The van der Waals surface area contributed by atoms with Gasteiger partial charge in [-0.2, -0.15) is 11.8 Å². The molecule has 9 nitrogen and oxygen atoms in total. The van der Waals surface area contributed by atoms with E-state index in [9.17, 15) is 0 Å². The Hall–Kier alpha value is -2.98. The molecule has 0 unspecified atom stereocenters. The van der Waals surface area contributed by atoms with Crippen LogP contribution in [0.25, 0.3) is 11.1 Å². The van der Waals surface area contributed by atoms with Gasteiger partial charge >= 0.3 is 0 Å². The summed E-state index contributed by atoms with van der Waals surface area (Å²) in [5, 5.41) is 8.62. The lowest BCUT2D eigenvalue weighted by Crippen LogP contribution is -2.16. The molecular weight excluding hydrogens is 522 g/mol. The first-order chi connectivity index (χ1) is 18.6. The third-order valence-corrected chi connectivity index (χ3v) is 7.35. The number of benzene rings is 1. The number of nitrogens with one attached hydrogen (secondary N) is 1. The van der Waals surface area contributed by atoms with E-state index in [0.717, 1.165) is 41.8 Å². The maximum absolute atomic E-state index is 6.35. The van der Waals surface area contributed by atoms with E-state index < -0.39 is 0 Å². The fraction of sp³-hybridized carbons (Fsp3) is 0.481. The molecule has 2 aromatic heterocycles. The van der Waals surface area contributed by atoms with Crippen LogP contribution in [0, 0.1) is 0 Å². The standard InChI is InChI=1S/C27H36ClN7O2S/c1-19(14-30-18-29)37-25-13-20(9-10-23(25)28)21-15-31-27(32-16-21)33-24-17-35(22-7-4-3-5-8-22)34-26(24)36-11-6-12-38-2/h9-10,13,15-19,22H,3-8,11-12,14H2,1-2H3,(H2,29,30)(H,31,32,33)/t19-/m0/s1. The number of ether oxygens (including phenoxy) is 2. The average Bonchev–Trinajstić information content (AvgIpc) is 3.34. The largest absolute Gasteiger partial charge is 0.487 e. The van der Waals surface area contributed by atoms with Crippen LogP contribution in [0.15, 0.2) is 41.8 Å².